The molecule has 0 radical (unpaired) electrons. The molecule has 0 rings (SSSR count). The molecule has 1 unspecified atom stereocenters. The first kappa shape index (κ1) is 30.4. The maximum atomic E-state index is 11.6. The lowest BCUT2D eigenvalue weighted by atomic mass is 9.74. The first-order chi connectivity index (χ1) is 15.0. The molecule has 0 spiro atoms. The fourth-order valence-electron chi connectivity index (χ4n) is 4.77. The van der Waals surface area contributed by atoms with Gasteiger partial charge in [0.05, 0.1) is 0 Å². The molecule has 0 amide bonds. The average Bonchev–Trinajstić information content (AvgIpc) is 2.75. The summed E-state index contributed by atoms with van der Waals surface area (Å²) < 4.78 is 0. The van der Waals surface area contributed by atoms with Crippen molar-refractivity contribution >= 4 is 5.97 Å². The molecule has 0 aliphatic heterocycles. The van der Waals surface area contributed by atoms with Crippen molar-refractivity contribution in [3.63, 3.8) is 0 Å². The lowest BCUT2D eigenvalue weighted by molar-refractivity contribution is -0.142. The number of carbonyl (C=O) groups is 1. The molecular weight excluding hydrogens is 382 g/mol. The van der Waals surface area contributed by atoms with Crippen LogP contribution in [0.15, 0.2) is 0 Å². The summed E-state index contributed by atoms with van der Waals surface area (Å²) in [5, 5.41) is 9.52. The highest BCUT2D eigenvalue weighted by atomic mass is 16.4. The van der Waals surface area contributed by atoms with E-state index in [-0.39, 0.29) is 5.41 Å². The topological polar surface area (TPSA) is 63.3 Å². The van der Waals surface area contributed by atoms with Gasteiger partial charge in [-0.15, -0.1) is 0 Å². The van der Waals surface area contributed by atoms with Crippen molar-refractivity contribution in [2.24, 2.45) is 11.1 Å². The first-order valence-electron chi connectivity index (χ1n) is 14.0. The SMILES string of the molecule is CCCCCCCCCCCCC(C)(CCCCCCCCCCCC)C(N)C(=O)O. The molecule has 0 heterocycles. The van der Waals surface area contributed by atoms with Gasteiger partial charge in [0.1, 0.15) is 6.04 Å². The highest BCUT2D eigenvalue weighted by Crippen LogP contribution is 2.34. The van der Waals surface area contributed by atoms with Gasteiger partial charge in [-0.05, 0) is 18.3 Å². The Morgan fingerprint density at radius 2 is 0.871 bits per heavy atom. The van der Waals surface area contributed by atoms with Gasteiger partial charge in [-0.3, -0.25) is 4.79 Å². The summed E-state index contributed by atoms with van der Waals surface area (Å²) in [5.74, 6) is -0.832. The molecule has 31 heavy (non-hydrogen) atoms. The number of rotatable bonds is 24. The van der Waals surface area contributed by atoms with E-state index in [1.54, 1.807) is 0 Å². The Hall–Kier alpha value is -0.570. The second kappa shape index (κ2) is 21.3. The quantitative estimate of drug-likeness (QED) is 0.147. The maximum absolute atomic E-state index is 11.6. The molecule has 1 atom stereocenters. The van der Waals surface area contributed by atoms with E-state index in [0.717, 1.165) is 25.7 Å². The molecule has 0 aliphatic carbocycles. The number of carboxylic acid groups (broad SMARTS) is 1. The largest absolute Gasteiger partial charge is 0.480 e. The number of carboxylic acids is 1. The van der Waals surface area contributed by atoms with Crippen LogP contribution in [0.1, 0.15) is 162 Å². The summed E-state index contributed by atoms with van der Waals surface area (Å²) in [5.41, 5.74) is 5.88. The van der Waals surface area contributed by atoms with Crippen LogP contribution in [0.5, 0.6) is 0 Å². The van der Waals surface area contributed by atoms with Gasteiger partial charge >= 0.3 is 5.97 Å². The molecule has 3 heteroatoms. The Bertz CT molecular complexity index is 372. The fraction of sp³-hybridized carbons (Fsp3) is 0.964. The van der Waals surface area contributed by atoms with Crippen LogP contribution in [0.3, 0.4) is 0 Å². The minimum absolute atomic E-state index is 0.258. The lowest BCUT2D eigenvalue weighted by Crippen LogP contribution is -2.45. The predicted molar refractivity (Wildman–Crippen MR) is 137 cm³/mol. The van der Waals surface area contributed by atoms with Gasteiger partial charge in [0.15, 0.2) is 0 Å². The van der Waals surface area contributed by atoms with Crippen molar-refractivity contribution in [3.05, 3.63) is 0 Å². The zero-order chi connectivity index (χ0) is 23.2. The lowest BCUT2D eigenvalue weighted by Gasteiger charge is -2.33. The highest BCUT2D eigenvalue weighted by molar-refractivity contribution is 5.74. The van der Waals surface area contributed by atoms with E-state index in [1.807, 2.05) is 0 Å². The van der Waals surface area contributed by atoms with Crippen molar-refractivity contribution in [1.82, 2.24) is 0 Å². The van der Waals surface area contributed by atoms with E-state index in [9.17, 15) is 9.90 Å². The Balaban J connectivity index is 3.94. The van der Waals surface area contributed by atoms with Gasteiger partial charge in [0.25, 0.3) is 0 Å². The van der Waals surface area contributed by atoms with E-state index in [2.05, 4.69) is 20.8 Å². The van der Waals surface area contributed by atoms with Crippen LogP contribution in [-0.4, -0.2) is 17.1 Å². The molecule has 0 saturated heterocycles. The van der Waals surface area contributed by atoms with Crippen molar-refractivity contribution in [3.8, 4) is 0 Å². The summed E-state index contributed by atoms with van der Waals surface area (Å²) in [6, 6.07) is -0.732. The standard InChI is InChI=1S/C28H57NO2/c1-4-6-8-10-12-14-16-18-20-22-24-28(3,26(29)27(30)31)25-23-21-19-17-15-13-11-9-7-5-2/h26H,4-25,29H2,1-3H3,(H,30,31). The van der Waals surface area contributed by atoms with Crippen LogP contribution in [0.25, 0.3) is 0 Å². The second-order valence-electron chi connectivity index (χ2n) is 10.3. The number of nitrogens with two attached hydrogens (primary N) is 1. The third-order valence-corrected chi connectivity index (χ3v) is 7.22. The van der Waals surface area contributed by atoms with Crippen LogP contribution in [-0.2, 0) is 4.79 Å². The van der Waals surface area contributed by atoms with Crippen LogP contribution in [0, 0.1) is 5.41 Å². The normalized spacial score (nSPS) is 12.9. The van der Waals surface area contributed by atoms with Gasteiger partial charge in [-0.25, -0.2) is 0 Å². The summed E-state index contributed by atoms with van der Waals surface area (Å²) in [4.78, 5) is 11.6. The monoisotopic (exact) mass is 439 g/mol. The molecule has 0 aliphatic rings. The van der Waals surface area contributed by atoms with Crippen LogP contribution in [0.2, 0.25) is 0 Å². The van der Waals surface area contributed by atoms with Gasteiger partial charge in [0, 0.05) is 0 Å². The fourth-order valence-corrected chi connectivity index (χ4v) is 4.77. The van der Waals surface area contributed by atoms with Gasteiger partial charge in [-0.1, -0.05) is 149 Å². The molecule has 186 valence electrons. The zero-order valence-corrected chi connectivity index (χ0v) is 21.6. The molecule has 0 aromatic heterocycles. The third-order valence-electron chi connectivity index (χ3n) is 7.22. The minimum Gasteiger partial charge on any atom is -0.480 e. The summed E-state index contributed by atoms with van der Waals surface area (Å²) in [6.45, 7) is 6.65. The number of hydrogen-bond acceptors (Lipinski definition) is 2. The summed E-state index contributed by atoms with van der Waals surface area (Å²) in [6.07, 6.45) is 28.2. The zero-order valence-electron chi connectivity index (χ0n) is 21.6. The van der Waals surface area contributed by atoms with Crippen molar-refractivity contribution in [2.75, 3.05) is 0 Å². The van der Waals surface area contributed by atoms with E-state index < -0.39 is 12.0 Å². The van der Waals surface area contributed by atoms with E-state index in [1.165, 1.54) is 116 Å². The van der Waals surface area contributed by atoms with E-state index in [0.29, 0.717) is 0 Å². The molecule has 0 aromatic carbocycles. The Kier molecular flexibility index (Phi) is 20.9. The number of hydrogen-bond donors (Lipinski definition) is 2. The molecular formula is C28H57NO2. The molecule has 0 fully saturated rings. The van der Waals surface area contributed by atoms with Crippen molar-refractivity contribution in [2.45, 2.75) is 168 Å². The molecule has 0 bridgehead atoms. The van der Waals surface area contributed by atoms with Crippen LogP contribution in [0.4, 0.5) is 0 Å². The van der Waals surface area contributed by atoms with E-state index in [4.69, 9.17) is 5.73 Å². The molecule has 0 saturated carbocycles. The predicted octanol–water partition coefficient (Wildman–Crippen LogP) is 9.03. The number of aliphatic carboxylic acids is 1. The van der Waals surface area contributed by atoms with Crippen molar-refractivity contribution in [1.29, 1.82) is 0 Å². The van der Waals surface area contributed by atoms with Crippen molar-refractivity contribution < 1.29 is 9.90 Å². The molecule has 3 N–H and O–H groups in total. The molecule has 0 aromatic rings. The minimum atomic E-state index is -0.832. The van der Waals surface area contributed by atoms with Gasteiger partial charge < -0.3 is 10.8 Å². The first-order valence-corrected chi connectivity index (χ1v) is 14.0. The summed E-state index contributed by atoms with van der Waals surface area (Å²) in [7, 11) is 0. The average molecular weight is 440 g/mol. The van der Waals surface area contributed by atoms with Crippen LogP contribution < -0.4 is 5.73 Å². The van der Waals surface area contributed by atoms with Gasteiger partial charge in [-0.2, -0.15) is 0 Å². The molecule has 3 nitrogen and oxygen atoms in total. The summed E-state index contributed by atoms with van der Waals surface area (Å²) >= 11 is 0. The van der Waals surface area contributed by atoms with Gasteiger partial charge in [0.2, 0.25) is 0 Å². The Labute approximate surface area is 195 Å². The highest BCUT2D eigenvalue weighted by Gasteiger charge is 2.35. The Morgan fingerprint density at radius 1 is 0.613 bits per heavy atom. The number of unbranched alkanes of at least 4 members (excludes halogenated alkanes) is 18. The smallest absolute Gasteiger partial charge is 0.321 e. The third kappa shape index (κ3) is 17.6. The Morgan fingerprint density at radius 3 is 1.13 bits per heavy atom. The second-order valence-corrected chi connectivity index (χ2v) is 10.3. The maximum Gasteiger partial charge on any atom is 0.321 e. The van der Waals surface area contributed by atoms with E-state index >= 15 is 0 Å². The van der Waals surface area contributed by atoms with Crippen LogP contribution >= 0.6 is 0 Å².